The summed E-state index contributed by atoms with van der Waals surface area (Å²) in [6, 6.07) is 8.26. The molecule has 1 atom stereocenters. The van der Waals surface area contributed by atoms with Crippen LogP contribution >= 0.6 is 15.9 Å². The summed E-state index contributed by atoms with van der Waals surface area (Å²) in [5.41, 5.74) is 1.02. The normalized spacial score (nSPS) is 25.2. The lowest BCUT2D eigenvalue weighted by Gasteiger charge is -2.18. The fourth-order valence-corrected chi connectivity index (χ4v) is 2.09. The first-order chi connectivity index (χ1) is 6.57. The molecule has 1 aromatic carbocycles. The van der Waals surface area contributed by atoms with Crippen molar-refractivity contribution in [2.24, 2.45) is 0 Å². The van der Waals surface area contributed by atoms with Crippen molar-refractivity contribution in [2.45, 2.75) is 25.7 Å². The molecule has 0 amide bonds. The molecule has 1 aliphatic rings. The highest BCUT2D eigenvalue weighted by atomic mass is 79.9. The van der Waals surface area contributed by atoms with Crippen molar-refractivity contribution in [3.8, 4) is 0 Å². The zero-order chi connectivity index (χ0) is 10.2. The van der Waals surface area contributed by atoms with E-state index in [2.05, 4.69) is 33.4 Å². The fraction of sp³-hybridized carbons (Fsp3) is 0.455. The van der Waals surface area contributed by atoms with E-state index in [-0.39, 0.29) is 11.8 Å². The molecular weight excluding hydrogens is 242 g/mol. The van der Waals surface area contributed by atoms with Gasteiger partial charge in [-0.2, -0.15) is 0 Å². The number of hydrogen-bond acceptors (Lipinski definition) is 2. The molecule has 1 fully saturated rings. The predicted molar refractivity (Wildman–Crippen MR) is 60.0 cm³/mol. The summed E-state index contributed by atoms with van der Waals surface area (Å²) in [7, 11) is 0. The highest BCUT2D eigenvalue weighted by Crippen LogP contribution is 2.29. The molecule has 1 N–H and O–H groups in total. The van der Waals surface area contributed by atoms with Crippen molar-refractivity contribution in [3.63, 3.8) is 0 Å². The Kier molecular flexibility index (Phi) is 2.64. The van der Waals surface area contributed by atoms with E-state index in [1.165, 1.54) is 5.56 Å². The minimum Gasteiger partial charge on any atom is -0.352 e. The van der Waals surface area contributed by atoms with Crippen LogP contribution in [0.1, 0.15) is 25.5 Å². The molecule has 0 radical (unpaired) electrons. The number of hydrogen-bond donors (Lipinski definition) is 1. The van der Waals surface area contributed by atoms with Gasteiger partial charge in [0.15, 0.2) is 0 Å². The van der Waals surface area contributed by atoms with Gasteiger partial charge in [0.2, 0.25) is 0 Å². The van der Waals surface area contributed by atoms with E-state index in [1.54, 1.807) is 0 Å². The zero-order valence-electron chi connectivity index (χ0n) is 8.38. The van der Waals surface area contributed by atoms with Crippen LogP contribution in [-0.2, 0) is 4.74 Å². The van der Waals surface area contributed by atoms with Gasteiger partial charge < -0.3 is 4.74 Å². The van der Waals surface area contributed by atoms with Crippen LogP contribution in [0.2, 0.25) is 0 Å². The molecule has 3 heteroatoms. The van der Waals surface area contributed by atoms with Gasteiger partial charge in [-0.25, -0.2) is 0 Å². The second kappa shape index (κ2) is 3.65. The fourth-order valence-electron chi connectivity index (χ4n) is 1.67. The molecule has 1 unspecified atom stereocenters. The Hall–Kier alpha value is -0.380. The van der Waals surface area contributed by atoms with Crippen LogP contribution in [0.5, 0.6) is 0 Å². The third kappa shape index (κ3) is 2.16. The molecule has 2 rings (SSSR count). The predicted octanol–water partition coefficient (Wildman–Crippen LogP) is 2.85. The van der Waals surface area contributed by atoms with Gasteiger partial charge in [0.25, 0.3) is 0 Å². The minimum atomic E-state index is -0.201. The van der Waals surface area contributed by atoms with E-state index in [0.29, 0.717) is 0 Å². The van der Waals surface area contributed by atoms with Gasteiger partial charge in [0.05, 0.1) is 6.10 Å². The van der Waals surface area contributed by atoms with Gasteiger partial charge in [-0.15, -0.1) is 0 Å². The van der Waals surface area contributed by atoms with Crippen molar-refractivity contribution in [3.05, 3.63) is 34.3 Å². The number of rotatable bonds is 1. The van der Waals surface area contributed by atoms with Crippen LogP contribution in [0.4, 0.5) is 0 Å². The van der Waals surface area contributed by atoms with Crippen molar-refractivity contribution in [1.29, 1.82) is 0 Å². The Morgan fingerprint density at radius 3 is 2.86 bits per heavy atom. The summed E-state index contributed by atoms with van der Waals surface area (Å²) in [6.45, 7) is 4.97. The Labute approximate surface area is 92.8 Å². The molecule has 1 saturated heterocycles. The highest BCUT2D eigenvalue weighted by Gasteiger charge is 2.31. The lowest BCUT2D eigenvalue weighted by atomic mass is 10.1. The quantitative estimate of drug-likeness (QED) is 0.834. The van der Waals surface area contributed by atoms with Crippen molar-refractivity contribution >= 4 is 15.9 Å². The first-order valence-corrected chi connectivity index (χ1v) is 5.54. The average Bonchev–Trinajstić information content (AvgIpc) is 2.46. The number of ether oxygens (including phenoxy) is 1. The van der Waals surface area contributed by atoms with Crippen molar-refractivity contribution in [2.75, 3.05) is 6.54 Å². The van der Waals surface area contributed by atoms with E-state index in [1.807, 2.05) is 26.0 Å². The lowest BCUT2D eigenvalue weighted by Crippen LogP contribution is -2.33. The number of nitrogens with one attached hydrogen (secondary N) is 1. The van der Waals surface area contributed by atoms with Crippen LogP contribution in [0.15, 0.2) is 28.7 Å². The second-order valence-electron chi connectivity index (χ2n) is 4.05. The van der Waals surface area contributed by atoms with Gasteiger partial charge >= 0.3 is 0 Å². The molecule has 1 heterocycles. The van der Waals surface area contributed by atoms with E-state index >= 15 is 0 Å². The molecule has 2 nitrogen and oxygen atoms in total. The van der Waals surface area contributed by atoms with Crippen LogP contribution in [0.25, 0.3) is 0 Å². The van der Waals surface area contributed by atoms with E-state index in [4.69, 9.17) is 4.74 Å². The number of halogens is 1. The first-order valence-electron chi connectivity index (χ1n) is 4.75. The number of benzene rings is 1. The Bertz CT molecular complexity index is 338. The molecular formula is C11H14BrNO. The van der Waals surface area contributed by atoms with E-state index in [0.717, 1.165) is 11.0 Å². The molecule has 1 aliphatic heterocycles. The van der Waals surface area contributed by atoms with Gasteiger partial charge in [0.1, 0.15) is 5.72 Å². The Balaban J connectivity index is 2.17. The van der Waals surface area contributed by atoms with Gasteiger partial charge in [-0.05, 0) is 31.5 Å². The Morgan fingerprint density at radius 2 is 2.29 bits per heavy atom. The molecule has 0 bridgehead atoms. The summed E-state index contributed by atoms with van der Waals surface area (Å²) in [5.74, 6) is 0. The molecule has 14 heavy (non-hydrogen) atoms. The van der Waals surface area contributed by atoms with E-state index in [9.17, 15) is 0 Å². The van der Waals surface area contributed by atoms with Crippen LogP contribution < -0.4 is 5.32 Å². The van der Waals surface area contributed by atoms with Crippen LogP contribution in [0.3, 0.4) is 0 Å². The highest BCUT2D eigenvalue weighted by molar-refractivity contribution is 9.10. The smallest absolute Gasteiger partial charge is 0.114 e. The molecule has 0 saturated carbocycles. The monoisotopic (exact) mass is 255 g/mol. The summed E-state index contributed by atoms with van der Waals surface area (Å²) in [4.78, 5) is 0. The standard InChI is InChI=1S/C11H14BrNO/c1-11(2)13-7-10(14-11)8-4-3-5-9(12)6-8/h3-6,10,13H,7H2,1-2H3. The van der Waals surface area contributed by atoms with Crippen LogP contribution in [0, 0.1) is 0 Å². The zero-order valence-corrected chi connectivity index (χ0v) is 9.97. The second-order valence-corrected chi connectivity index (χ2v) is 4.97. The maximum atomic E-state index is 5.86. The SMILES string of the molecule is CC1(C)NCC(c2cccc(Br)c2)O1. The molecule has 76 valence electrons. The maximum absolute atomic E-state index is 5.86. The average molecular weight is 256 g/mol. The van der Waals surface area contributed by atoms with Gasteiger partial charge in [-0.1, -0.05) is 28.1 Å². The summed E-state index contributed by atoms with van der Waals surface area (Å²) >= 11 is 3.46. The molecule has 0 spiro atoms. The van der Waals surface area contributed by atoms with Crippen LogP contribution in [-0.4, -0.2) is 12.3 Å². The largest absolute Gasteiger partial charge is 0.352 e. The summed E-state index contributed by atoms with van der Waals surface area (Å²) in [5, 5.41) is 3.33. The molecule has 0 aliphatic carbocycles. The first kappa shape index (κ1) is 10.1. The third-order valence-electron chi connectivity index (χ3n) is 2.37. The summed E-state index contributed by atoms with van der Waals surface area (Å²) in [6.07, 6.45) is 0.169. The minimum absolute atomic E-state index is 0.169. The summed E-state index contributed by atoms with van der Waals surface area (Å²) < 4.78 is 6.96. The lowest BCUT2D eigenvalue weighted by molar-refractivity contribution is -0.0241. The van der Waals surface area contributed by atoms with Crippen molar-refractivity contribution < 1.29 is 4.74 Å². The third-order valence-corrected chi connectivity index (χ3v) is 2.86. The molecule has 1 aromatic rings. The Morgan fingerprint density at radius 1 is 1.50 bits per heavy atom. The topological polar surface area (TPSA) is 21.3 Å². The van der Waals surface area contributed by atoms with E-state index < -0.39 is 0 Å². The molecule has 0 aromatic heterocycles. The van der Waals surface area contributed by atoms with Gasteiger partial charge in [-0.3, -0.25) is 5.32 Å². The van der Waals surface area contributed by atoms with Gasteiger partial charge in [0, 0.05) is 11.0 Å². The maximum Gasteiger partial charge on any atom is 0.114 e. The van der Waals surface area contributed by atoms with Crippen molar-refractivity contribution in [1.82, 2.24) is 5.32 Å².